The van der Waals surface area contributed by atoms with Crippen molar-refractivity contribution in [3.05, 3.63) is 69.3 Å². The lowest BCUT2D eigenvalue weighted by Gasteiger charge is -2.14. The standard InChI is InChI=1S/C18H17NO4/c1-12(23-17-7-3-6-16(11-17)19(21)22)18(20)15-9-8-13-4-2-5-14(13)10-15/h3,6-12H,2,4-5H2,1H3. The van der Waals surface area contributed by atoms with Gasteiger partial charge < -0.3 is 4.74 Å². The molecule has 1 atom stereocenters. The lowest BCUT2D eigenvalue weighted by molar-refractivity contribution is -0.384. The second-order valence-corrected chi connectivity index (χ2v) is 5.72. The Bertz CT molecular complexity index is 769. The molecule has 118 valence electrons. The van der Waals surface area contributed by atoms with Crippen molar-refractivity contribution < 1.29 is 14.5 Å². The first-order chi connectivity index (χ1) is 11.0. The van der Waals surface area contributed by atoms with Gasteiger partial charge in [-0.2, -0.15) is 0 Å². The van der Waals surface area contributed by atoms with E-state index in [9.17, 15) is 14.9 Å². The molecule has 0 bridgehead atoms. The highest BCUT2D eigenvalue weighted by molar-refractivity contribution is 5.99. The van der Waals surface area contributed by atoms with Crippen molar-refractivity contribution in [2.24, 2.45) is 0 Å². The third kappa shape index (κ3) is 3.23. The molecule has 5 nitrogen and oxygen atoms in total. The number of carbonyl (C=O) groups excluding carboxylic acids is 1. The van der Waals surface area contributed by atoms with Crippen LogP contribution in [0.3, 0.4) is 0 Å². The lowest BCUT2D eigenvalue weighted by atomic mass is 10.0. The van der Waals surface area contributed by atoms with E-state index in [0.717, 1.165) is 19.3 Å². The van der Waals surface area contributed by atoms with Crippen LogP contribution < -0.4 is 4.74 Å². The fourth-order valence-electron chi connectivity index (χ4n) is 2.89. The Morgan fingerprint density at radius 2 is 1.96 bits per heavy atom. The van der Waals surface area contributed by atoms with E-state index in [2.05, 4.69) is 0 Å². The number of aryl methyl sites for hydroxylation is 2. The van der Waals surface area contributed by atoms with Crippen LogP contribution >= 0.6 is 0 Å². The zero-order valence-electron chi connectivity index (χ0n) is 12.8. The van der Waals surface area contributed by atoms with E-state index >= 15 is 0 Å². The highest BCUT2D eigenvalue weighted by Crippen LogP contribution is 2.25. The van der Waals surface area contributed by atoms with Crippen LogP contribution in [0.1, 0.15) is 34.8 Å². The zero-order chi connectivity index (χ0) is 16.4. The van der Waals surface area contributed by atoms with Gasteiger partial charge >= 0.3 is 0 Å². The minimum atomic E-state index is -0.698. The van der Waals surface area contributed by atoms with Crippen molar-refractivity contribution >= 4 is 11.5 Å². The molecule has 1 unspecified atom stereocenters. The maximum absolute atomic E-state index is 12.5. The highest BCUT2D eigenvalue weighted by Gasteiger charge is 2.20. The van der Waals surface area contributed by atoms with Crippen molar-refractivity contribution in [3.63, 3.8) is 0 Å². The van der Waals surface area contributed by atoms with Gasteiger partial charge in [-0.25, -0.2) is 0 Å². The molecule has 0 N–H and O–H groups in total. The van der Waals surface area contributed by atoms with Crippen LogP contribution in [-0.4, -0.2) is 16.8 Å². The molecule has 2 aromatic rings. The number of hydrogen-bond donors (Lipinski definition) is 0. The Morgan fingerprint density at radius 1 is 1.17 bits per heavy atom. The average Bonchev–Trinajstić information content (AvgIpc) is 3.01. The van der Waals surface area contributed by atoms with Crippen LogP contribution in [0.15, 0.2) is 42.5 Å². The van der Waals surface area contributed by atoms with Crippen LogP contribution in [-0.2, 0) is 12.8 Å². The smallest absolute Gasteiger partial charge is 0.273 e. The average molecular weight is 311 g/mol. The van der Waals surface area contributed by atoms with Crippen molar-refractivity contribution in [1.82, 2.24) is 0 Å². The summed E-state index contributed by atoms with van der Waals surface area (Å²) in [6, 6.07) is 11.7. The summed E-state index contributed by atoms with van der Waals surface area (Å²) in [5.41, 5.74) is 3.12. The number of ether oxygens (including phenoxy) is 1. The van der Waals surface area contributed by atoms with E-state index in [4.69, 9.17) is 4.74 Å². The highest BCUT2D eigenvalue weighted by atomic mass is 16.6. The predicted octanol–water partition coefficient (Wildman–Crippen LogP) is 3.73. The number of nitro benzene ring substituents is 1. The summed E-state index contributed by atoms with van der Waals surface area (Å²) in [7, 11) is 0. The van der Waals surface area contributed by atoms with Gasteiger partial charge in [0.2, 0.25) is 5.78 Å². The molecule has 0 heterocycles. The number of non-ortho nitro benzene ring substituents is 1. The Kier molecular flexibility index (Phi) is 4.10. The lowest BCUT2D eigenvalue weighted by Crippen LogP contribution is -2.24. The first-order valence-corrected chi connectivity index (χ1v) is 7.62. The fourth-order valence-corrected chi connectivity index (χ4v) is 2.89. The Labute approximate surface area is 134 Å². The summed E-state index contributed by atoms with van der Waals surface area (Å²) in [6.07, 6.45) is 2.52. The molecule has 1 aliphatic carbocycles. The van der Waals surface area contributed by atoms with Gasteiger partial charge in [-0.15, -0.1) is 0 Å². The normalized spacial score (nSPS) is 14.1. The Morgan fingerprint density at radius 3 is 2.74 bits per heavy atom. The maximum Gasteiger partial charge on any atom is 0.273 e. The van der Waals surface area contributed by atoms with E-state index in [-0.39, 0.29) is 11.5 Å². The molecular formula is C18H17NO4. The monoisotopic (exact) mass is 311 g/mol. The fraction of sp³-hybridized carbons (Fsp3) is 0.278. The van der Waals surface area contributed by atoms with E-state index in [1.165, 1.54) is 23.3 Å². The zero-order valence-corrected chi connectivity index (χ0v) is 12.8. The molecule has 0 saturated heterocycles. The minimum Gasteiger partial charge on any atom is -0.482 e. The molecule has 0 saturated carbocycles. The molecule has 0 aromatic heterocycles. The molecule has 0 radical (unpaired) electrons. The number of rotatable bonds is 5. The summed E-state index contributed by atoms with van der Waals surface area (Å²) in [6.45, 7) is 1.66. The molecule has 0 spiro atoms. The van der Waals surface area contributed by atoms with Crippen molar-refractivity contribution in [2.45, 2.75) is 32.3 Å². The maximum atomic E-state index is 12.5. The van der Waals surface area contributed by atoms with Crippen molar-refractivity contribution in [3.8, 4) is 5.75 Å². The Balaban J connectivity index is 1.75. The number of fused-ring (bicyclic) bond motifs is 1. The predicted molar refractivity (Wildman–Crippen MR) is 86.0 cm³/mol. The van der Waals surface area contributed by atoms with Crippen LogP contribution in [0.5, 0.6) is 5.75 Å². The second kappa shape index (κ2) is 6.20. The number of carbonyl (C=O) groups is 1. The molecule has 0 fully saturated rings. The number of benzene rings is 2. The van der Waals surface area contributed by atoms with Crippen LogP contribution in [0, 0.1) is 10.1 Å². The van der Waals surface area contributed by atoms with Gasteiger partial charge in [-0.05, 0) is 49.4 Å². The SMILES string of the molecule is CC(Oc1cccc([N+](=O)[O-])c1)C(=O)c1ccc2c(c1)CCC2. The number of Topliss-reactive ketones (excluding diaryl/α,β-unsaturated/α-hetero) is 1. The van der Waals surface area contributed by atoms with Crippen LogP contribution in [0.4, 0.5) is 5.69 Å². The van der Waals surface area contributed by atoms with Gasteiger partial charge in [0.15, 0.2) is 6.10 Å². The van der Waals surface area contributed by atoms with E-state index < -0.39 is 11.0 Å². The summed E-state index contributed by atoms with van der Waals surface area (Å²) in [5.74, 6) is 0.201. The molecule has 1 aliphatic rings. The van der Waals surface area contributed by atoms with Gasteiger partial charge in [0, 0.05) is 11.6 Å². The van der Waals surface area contributed by atoms with Gasteiger partial charge in [-0.1, -0.05) is 18.2 Å². The number of nitro groups is 1. The molecule has 0 amide bonds. The molecule has 5 heteroatoms. The molecule has 23 heavy (non-hydrogen) atoms. The molecule has 0 aliphatic heterocycles. The minimum absolute atomic E-state index is 0.0559. The van der Waals surface area contributed by atoms with Gasteiger partial charge in [-0.3, -0.25) is 14.9 Å². The third-order valence-electron chi connectivity index (χ3n) is 4.09. The van der Waals surface area contributed by atoms with Crippen LogP contribution in [0.2, 0.25) is 0 Å². The largest absolute Gasteiger partial charge is 0.482 e. The molecule has 3 rings (SSSR count). The molecular weight excluding hydrogens is 294 g/mol. The first kappa shape index (κ1) is 15.2. The van der Waals surface area contributed by atoms with E-state index in [1.54, 1.807) is 19.1 Å². The third-order valence-corrected chi connectivity index (χ3v) is 4.09. The van der Waals surface area contributed by atoms with Gasteiger partial charge in [0.1, 0.15) is 5.75 Å². The summed E-state index contributed by atoms with van der Waals surface area (Å²) in [5, 5.41) is 10.8. The summed E-state index contributed by atoms with van der Waals surface area (Å²) < 4.78 is 5.59. The van der Waals surface area contributed by atoms with E-state index in [1.807, 2.05) is 18.2 Å². The Hall–Kier alpha value is -2.69. The van der Waals surface area contributed by atoms with Gasteiger partial charge in [0.05, 0.1) is 11.0 Å². The first-order valence-electron chi connectivity index (χ1n) is 7.62. The number of ketones is 1. The summed E-state index contributed by atoms with van der Waals surface area (Å²) >= 11 is 0. The van der Waals surface area contributed by atoms with Crippen LogP contribution in [0.25, 0.3) is 0 Å². The summed E-state index contributed by atoms with van der Waals surface area (Å²) in [4.78, 5) is 22.8. The number of nitrogens with zero attached hydrogens (tertiary/aromatic N) is 1. The van der Waals surface area contributed by atoms with Crippen molar-refractivity contribution in [1.29, 1.82) is 0 Å². The topological polar surface area (TPSA) is 69.4 Å². The number of hydrogen-bond acceptors (Lipinski definition) is 4. The second-order valence-electron chi connectivity index (χ2n) is 5.72. The van der Waals surface area contributed by atoms with E-state index in [0.29, 0.717) is 11.3 Å². The van der Waals surface area contributed by atoms with Crippen molar-refractivity contribution in [2.75, 3.05) is 0 Å². The van der Waals surface area contributed by atoms with Gasteiger partial charge in [0.25, 0.3) is 5.69 Å². The molecule has 2 aromatic carbocycles. The quantitative estimate of drug-likeness (QED) is 0.479.